The van der Waals surface area contributed by atoms with E-state index >= 15 is 0 Å². The van der Waals surface area contributed by atoms with Gasteiger partial charge in [0.1, 0.15) is 11.5 Å². The first kappa shape index (κ1) is 13.0. The summed E-state index contributed by atoms with van der Waals surface area (Å²) in [5.74, 6) is -0.411. The number of hydrogen-bond donors (Lipinski definition) is 2. The summed E-state index contributed by atoms with van der Waals surface area (Å²) in [7, 11) is -3.32. The second kappa shape index (κ2) is 4.69. The van der Waals surface area contributed by atoms with Gasteiger partial charge in [-0.15, -0.1) is 0 Å². The molecular formula is C10H15N3O4S. The second-order valence-electron chi connectivity index (χ2n) is 4.40. The molecule has 0 aromatic carbocycles. The lowest BCUT2D eigenvalue weighted by Crippen LogP contribution is -2.30. The number of H-pyrrole nitrogens is 1. The van der Waals surface area contributed by atoms with Crippen LogP contribution in [0.1, 0.15) is 18.0 Å². The van der Waals surface area contributed by atoms with Gasteiger partial charge >= 0.3 is 0 Å². The van der Waals surface area contributed by atoms with Crippen LogP contribution in [-0.4, -0.2) is 60.5 Å². The minimum absolute atomic E-state index is 0.0762. The van der Waals surface area contributed by atoms with Crippen LogP contribution in [0.2, 0.25) is 0 Å². The normalized spacial score (nSPS) is 20.3. The van der Waals surface area contributed by atoms with E-state index in [4.69, 9.17) is 5.11 Å². The predicted molar refractivity (Wildman–Crippen MR) is 62.7 cm³/mol. The average molecular weight is 273 g/mol. The van der Waals surface area contributed by atoms with E-state index in [1.165, 1.54) is 11.1 Å². The van der Waals surface area contributed by atoms with Gasteiger partial charge in [-0.1, -0.05) is 0 Å². The van der Waals surface area contributed by atoms with Crippen LogP contribution in [0.3, 0.4) is 0 Å². The Kier molecular flexibility index (Phi) is 3.40. The van der Waals surface area contributed by atoms with Gasteiger partial charge in [0.15, 0.2) is 9.84 Å². The third kappa shape index (κ3) is 2.39. The first-order valence-corrected chi connectivity index (χ1v) is 7.44. The number of rotatable bonds is 3. The Morgan fingerprint density at radius 3 is 3.00 bits per heavy atom. The average Bonchev–Trinajstić information content (AvgIpc) is 2.94. The minimum Gasteiger partial charge on any atom is -0.387 e. The van der Waals surface area contributed by atoms with Gasteiger partial charge in [0.2, 0.25) is 5.91 Å². The maximum atomic E-state index is 11.6. The number of aliphatic hydroxyl groups is 1. The zero-order chi connectivity index (χ0) is 13.3. The Balaban J connectivity index is 2.20. The van der Waals surface area contributed by atoms with Crippen LogP contribution in [0.15, 0.2) is 11.1 Å². The Morgan fingerprint density at radius 2 is 2.39 bits per heavy atom. The highest BCUT2D eigenvalue weighted by atomic mass is 32.2. The van der Waals surface area contributed by atoms with E-state index in [9.17, 15) is 13.2 Å². The van der Waals surface area contributed by atoms with Crippen molar-refractivity contribution in [1.29, 1.82) is 0 Å². The predicted octanol–water partition coefficient (Wildman–Crippen LogP) is -0.879. The fourth-order valence-electron chi connectivity index (χ4n) is 2.20. The van der Waals surface area contributed by atoms with Crippen molar-refractivity contribution < 1.29 is 18.3 Å². The lowest BCUT2D eigenvalue weighted by Gasteiger charge is -2.14. The van der Waals surface area contributed by atoms with Gasteiger partial charge in [0, 0.05) is 25.3 Å². The molecule has 0 aliphatic carbocycles. The first-order valence-electron chi connectivity index (χ1n) is 5.55. The van der Waals surface area contributed by atoms with Crippen LogP contribution in [0.25, 0.3) is 0 Å². The number of carbonyl (C=O) groups excluding carboxylic acids is 1. The maximum absolute atomic E-state index is 11.6. The number of likely N-dealkylation sites (tertiary alicyclic amines) is 1. The van der Waals surface area contributed by atoms with Crippen molar-refractivity contribution in [1.82, 2.24) is 15.1 Å². The lowest BCUT2D eigenvalue weighted by atomic mass is 10.1. The number of amides is 1. The van der Waals surface area contributed by atoms with Crippen LogP contribution in [0, 0.1) is 0 Å². The third-order valence-electron chi connectivity index (χ3n) is 3.12. The van der Waals surface area contributed by atoms with Crippen molar-refractivity contribution in [2.24, 2.45) is 0 Å². The highest BCUT2D eigenvalue weighted by Crippen LogP contribution is 2.29. The van der Waals surface area contributed by atoms with Crippen molar-refractivity contribution in [3.05, 3.63) is 11.9 Å². The van der Waals surface area contributed by atoms with Crippen molar-refractivity contribution >= 4 is 15.7 Å². The van der Waals surface area contributed by atoms with E-state index in [1.54, 1.807) is 0 Å². The minimum atomic E-state index is -3.32. The van der Waals surface area contributed by atoms with Crippen LogP contribution >= 0.6 is 0 Å². The standard InChI is InChI=1S/C10H15N3O4S/c1-18(16,17)8-4-11-12-10(8)7-2-3-13(5-7)9(15)6-14/h4,7,14H,2-3,5-6H2,1H3,(H,11,12). The zero-order valence-corrected chi connectivity index (χ0v) is 10.8. The third-order valence-corrected chi connectivity index (χ3v) is 4.24. The van der Waals surface area contributed by atoms with E-state index in [2.05, 4.69) is 10.2 Å². The van der Waals surface area contributed by atoms with E-state index in [-0.39, 0.29) is 16.7 Å². The molecule has 0 saturated carbocycles. The van der Waals surface area contributed by atoms with Gasteiger partial charge < -0.3 is 10.0 Å². The molecule has 1 aromatic heterocycles. The fourth-order valence-corrected chi connectivity index (χ4v) is 3.05. The highest BCUT2D eigenvalue weighted by Gasteiger charge is 2.31. The van der Waals surface area contributed by atoms with Gasteiger partial charge in [-0.25, -0.2) is 8.42 Å². The monoisotopic (exact) mass is 273 g/mol. The Labute approximate surface area is 105 Å². The summed E-state index contributed by atoms with van der Waals surface area (Å²) >= 11 is 0. The molecule has 2 N–H and O–H groups in total. The fraction of sp³-hybridized carbons (Fsp3) is 0.600. The molecule has 1 atom stereocenters. The Hall–Kier alpha value is -1.41. The summed E-state index contributed by atoms with van der Waals surface area (Å²) in [6.45, 7) is 0.408. The molecule has 1 fully saturated rings. The molecule has 2 rings (SSSR count). The summed E-state index contributed by atoms with van der Waals surface area (Å²) in [6.07, 6.45) is 3.09. The van der Waals surface area contributed by atoms with E-state index in [1.807, 2.05) is 0 Å². The molecule has 18 heavy (non-hydrogen) atoms. The molecule has 8 heteroatoms. The van der Waals surface area contributed by atoms with Crippen molar-refractivity contribution in [3.63, 3.8) is 0 Å². The number of aromatic amines is 1. The molecule has 2 heterocycles. The number of nitrogens with one attached hydrogen (secondary N) is 1. The summed E-state index contributed by atoms with van der Waals surface area (Å²) < 4.78 is 23.1. The summed E-state index contributed by atoms with van der Waals surface area (Å²) in [5, 5.41) is 15.3. The van der Waals surface area contributed by atoms with Gasteiger partial charge in [0.25, 0.3) is 0 Å². The molecule has 7 nitrogen and oxygen atoms in total. The second-order valence-corrected chi connectivity index (χ2v) is 6.39. The number of aliphatic hydroxyl groups excluding tert-OH is 1. The molecule has 100 valence electrons. The molecule has 0 bridgehead atoms. The van der Waals surface area contributed by atoms with Crippen LogP contribution < -0.4 is 0 Å². The maximum Gasteiger partial charge on any atom is 0.248 e. The molecule has 1 aromatic rings. The molecule has 1 saturated heterocycles. The lowest BCUT2D eigenvalue weighted by molar-refractivity contribution is -0.133. The number of aromatic nitrogens is 2. The SMILES string of the molecule is CS(=O)(=O)c1cn[nH]c1C1CCN(C(=O)CO)C1. The molecule has 1 amide bonds. The molecular weight excluding hydrogens is 258 g/mol. The molecule has 1 unspecified atom stereocenters. The number of sulfone groups is 1. The van der Waals surface area contributed by atoms with Crippen molar-refractivity contribution in [3.8, 4) is 0 Å². The molecule has 1 aliphatic heterocycles. The number of hydrogen-bond acceptors (Lipinski definition) is 5. The quantitative estimate of drug-likeness (QED) is 0.744. The van der Waals surface area contributed by atoms with Crippen LogP contribution in [-0.2, 0) is 14.6 Å². The number of carbonyl (C=O) groups is 1. The summed E-state index contributed by atoms with van der Waals surface area (Å²) in [5.41, 5.74) is 0.547. The summed E-state index contributed by atoms with van der Waals surface area (Å²) in [6, 6.07) is 0. The largest absolute Gasteiger partial charge is 0.387 e. The van der Waals surface area contributed by atoms with Crippen molar-refractivity contribution in [2.75, 3.05) is 26.0 Å². The number of nitrogens with zero attached hydrogens (tertiary/aromatic N) is 2. The van der Waals surface area contributed by atoms with Gasteiger partial charge in [-0.05, 0) is 6.42 Å². The first-order chi connectivity index (χ1) is 8.43. The highest BCUT2D eigenvalue weighted by molar-refractivity contribution is 7.90. The van der Waals surface area contributed by atoms with Crippen LogP contribution in [0.4, 0.5) is 0 Å². The van der Waals surface area contributed by atoms with E-state index in [0.717, 1.165) is 6.26 Å². The zero-order valence-electron chi connectivity index (χ0n) is 9.96. The molecule has 0 radical (unpaired) electrons. The van der Waals surface area contributed by atoms with Gasteiger partial charge in [0.05, 0.1) is 11.9 Å². The van der Waals surface area contributed by atoms with Crippen LogP contribution in [0.5, 0.6) is 0 Å². The van der Waals surface area contributed by atoms with Crippen molar-refractivity contribution in [2.45, 2.75) is 17.2 Å². The van der Waals surface area contributed by atoms with Gasteiger partial charge in [-0.2, -0.15) is 5.10 Å². The van der Waals surface area contributed by atoms with E-state index in [0.29, 0.717) is 25.2 Å². The topological polar surface area (TPSA) is 103 Å². The smallest absolute Gasteiger partial charge is 0.248 e. The summed E-state index contributed by atoms with van der Waals surface area (Å²) in [4.78, 5) is 13.1. The Bertz CT molecular complexity index is 551. The molecule has 1 aliphatic rings. The van der Waals surface area contributed by atoms with Gasteiger partial charge in [-0.3, -0.25) is 9.89 Å². The molecule has 0 spiro atoms. The van der Waals surface area contributed by atoms with E-state index < -0.39 is 16.4 Å². The Morgan fingerprint density at radius 1 is 1.67 bits per heavy atom.